The number of hydrogen-bond donors (Lipinski definition) is 1. The van der Waals surface area contributed by atoms with Gasteiger partial charge in [-0.2, -0.15) is 4.98 Å². The van der Waals surface area contributed by atoms with Crippen LogP contribution in [0.15, 0.2) is 10.6 Å². The molecule has 0 radical (unpaired) electrons. The van der Waals surface area contributed by atoms with Crippen LogP contribution in [0.2, 0.25) is 0 Å². The van der Waals surface area contributed by atoms with Gasteiger partial charge in [-0.1, -0.05) is 5.16 Å². The second-order valence-corrected chi connectivity index (χ2v) is 5.31. The van der Waals surface area contributed by atoms with Gasteiger partial charge in [-0.15, -0.1) is 11.3 Å². The Morgan fingerprint density at radius 2 is 2.24 bits per heavy atom. The maximum Gasteiger partial charge on any atom is 0.268 e. The topological polar surface area (TPSA) is 68.2 Å². The number of anilines is 1. The number of nitrogen functional groups attached to an aromatic ring is 1. The summed E-state index contributed by atoms with van der Waals surface area (Å²) in [7, 11) is 4.04. The summed E-state index contributed by atoms with van der Waals surface area (Å²) in [6, 6.07) is 1.92. The maximum atomic E-state index is 5.74. The van der Waals surface area contributed by atoms with Crippen molar-refractivity contribution in [3.8, 4) is 10.8 Å². The molecule has 0 aliphatic rings. The minimum Gasteiger partial charge on any atom is -0.391 e. The zero-order valence-electron chi connectivity index (χ0n) is 10.2. The van der Waals surface area contributed by atoms with Gasteiger partial charge in [-0.25, -0.2) is 0 Å². The number of nitrogens with two attached hydrogens (primary N) is 1. The Morgan fingerprint density at radius 1 is 1.47 bits per heavy atom. The molecule has 2 aromatic rings. The van der Waals surface area contributed by atoms with E-state index in [-0.39, 0.29) is 0 Å². The maximum absolute atomic E-state index is 5.74. The molecule has 2 rings (SSSR count). The highest BCUT2D eigenvalue weighted by Crippen LogP contribution is 2.32. The first-order valence-corrected chi connectivity index (χ1v) is 6.21. The Kier molecular flexibility index (Phi) is 3.44. The second-order valence-electron chi connectivity index (χ2n) is 4.23. The lowest BCUT2D eigenvalue weighted by Gasteiger charge is -2.05. The van der Waals surface area contributed by atoms with Crippen LogP contribution in [0.25, 0.3) is 10.8 Å². The van der Waals surface area contributed by atoms with Gasteiger partial charge in [0.2, 0.25) is 0 Å². The third-order valence-corrected chi connectivity index (χ3v) is 3.44. The minimum atomic E-state index is 0.568. The Bertz CT molecular complexity index is 503. The number of thiophene rings is 1. The van der Waals surface area contributed by atoms with Gasteiger partial charge in [0, 0.05) is 13.0 Å². The SMILES string of the molecule is Cc1cc(N)sc1-c1nc(CCN(C)C)no1. The minimum absolute atomic E-state index is 0.568. The summed E-state index contributed by atoms with van der Waals surface area (Å²) in [5.74, 6) is 1.30. The summed E-state index contributed by atoms with van der Waals surface area (Å²) in [6.07, 6.45) is 0.788. The van der Waals surface area contributed by atoms with Crippen LogP contribution in [0.5, 0.6) is 0 Å². The van der Waals surface area contributed by atoms with Gasteiger partial charge in [0.1, 0.15) is 0 Å². The number of aryl methyl sites for hydroxylation is 1. The zero-order valence-corrected chi connectivity index (χ0v) is 11.0. The van der Waals surface area contributed by atoms with Crippen LogP contribution < -0.4 is 5.73 Å². The van der Waals surface area contributed by atoms with Crippen LogP contribution >= 0.6 is 11.3 Å². The standard InChI is InChI=1S/C11H16N4OS/c1-7-6-8(12)17-10(7)11-13-9(14-16-11)4-5-15(2)3/h6H,4-5,12H2,1-3H3. The van der Waals surface area contributed by atoms with Crippen molar-refractivity contribution in [2.75, 3.05) is 26.4 Å². The van der Waals surface area contributed by atoms with E-state index in [1.165, 1.54) is 11.3 Å². The van der Waals surface area contributed by atoms with Crippen molar-refractivity contribution in [1.29, 1.82) is 0 Å². The van der Waals surface area contributed by atoms with Crippen LogP contribution in [0.1, 0.15) is 11.4 Å². The summed E-state index contributed by atoms with van der Waals surface area (Å²) in [6.45, 7) is 2.90. The summed E-state index contributed by atoms with van der Waals surface area (Å²) in [5, 5.41) is 4.74. The molecule has 2 heterocycles. The van der Waals surface area contributed by atoms with Gasteiger partial charge < -0.3 is 15.2 Å². The van der Waals surface area contributed by atoms with E-state index in [1.807, 2.05) is 27.1 Å². The van der Waals surface area contributed by atoms with E-state index in [1.54, 1.807) is 0 Å². The third kappa shape index (κ3) is 2.83. The molecule has 2 N–H and O–H groups in total. The number of rotatable bonds is 4. The summed E-state index contributed by atoms with van der Waals surface area (Å²) >= 11 is 1.48. The molecule has 0 bridgehead atoms. The van der Waals surface area contributed by atoms with Crippen LogP contribution in [0.3, 0.4) is 0 Å². The van der Waals surface area contributed by atoms with Crippen LogP contribution in [-0.2, 0) is 6.42 Å². The Balaban J connectivity index is 2.15. The smallest absolute Gasteiger partial charge is 0.268 e. The first kappa shape index (κ1) is 12.1. The monoisotopic (exact) mass is 252 g/mol. The van der Waals surface area contributed by atoms with E-state index in [0.29, 0.717) is 5.89 Å². The van der Waals surface area contributed by atoms with Crippen LogP contribution in [0.4, 0.5) is 5.00 Å². The van der Waals surface area contributed by atoms with Crippen molar-refractivity contribution in [3.05, 3.63) is 17.5 Å². The predicted molar refractivity (Wildman–Crippen MR) is 69.0 cm³/mol. The number of hydrogen-bond acceptors (Lipinski definition) is 6. The lowest BCUT2D eigenvalue weighted by molar-refractivity contribution is 0.392. The quantitative estimate of drug-likeness (QED) is 0.898. The van der Waals surface area contributed by atoms with E-state index in [4.69, 9.17) is 10.3 Å². The molecule has 6 heteroatoms. The average Bonchev–Trinajstić information content (AvgIpc) is 2.82. The summed E-state index contributed by atoms with van der Waals surface area (Å²) in [5.41, 5.74) is 6.82. The second kappa shape index (κ2) is 4.85. The van der Waals surface area contributed by atoms with Gasteiger partial charge >= 0.3 is 0 Å². The van der Waals surface area contributed by atoms with Crippen molar-refractivity contribution in [3.63, 3.8) is 0 Å². The molecule has 0 unspecified atom stereocenters. The Hall–Kier alpha value is -1.40. The molecule has 92 valence electrons. The van der Waals surface area contributed by atoms with Gasteiger partial charge in [0.05, 0.1) is 9.88 Å². The Labute approximate surface area is 104 Å². The van der Waals surface area contributed by atoms with Crippen LogP contribution in [0, 0.1) is 6.92 Å². The molecular formula is C11H16N4OS. The lowest BCUT2D eigenvalue weighted by Crippen LogP contribution is -2.15. The first-order valence-electron chi connectivity index (χ1n) is 5.40. The third-order valence-electron chi connectivity index (χ3n) is 2.38. The molecule has 0 aliphatic carbocycles. The molecule has 2 aromatic heterocycles. The highest BCUT2D eigenvalue weighted by Gasteiger charge is 2.14. The molecule has 0 fully saturated rings. The Morgan fingerprint density at radius 3 is 2.82 bits per heavy atom. The van der Waals surface area contributed by atoms with Crippen LogP contribution in [-0.4, -0.2) is 35.7 Å². The number of aromatic nitrogens is 2. The molecule has 17 heavy (non-hydrogen) atoms. The van der Waals surface area contributed by atoms with E-state index in [0.717, 1.165) is 34.2 Å². The highest BCUT2D eigenvalue weighted by atomic mass is 32.1. The van der Waals surface area contributed by atoms with E-state index >= 15 is 0 Å². The molecule has 0 saturated heterocycles. The fourth-order valence-electron chi connectivity index (χ4n) is 1.49. The lowest BCUT2D eigenvalue weighted by atomic mass is 10.3. The molecule has 0 aromatic carbocycles. The molecular weight excluding hydrogens is 236 g/mol. The van der Waals surface area contributed by atoms with Crippen molar-refractivity contribution in [2.24, 2.45) is 0 Å². The van der Waals surface area contributed by atoms with Crippen molar-refractivity contribution < 1.29 is 4.52 Å². The number of nitrogens with zero attached hydrogens (tertiary/aromatic N) is 3. The van der Waals surface area contributed by atoms with Crippen molar-refractivity contribution in [2.45, 2.75) is 13.3 Å². The fraction of sp³-hybridized carbons (Fsp3) is 0.455. The largest absolute Gasteiger partial charge is 0.391 e. The van der Waals surface area contributed by atoms with Gasteiger partial charge in [0.25, 0.3) is 5.89 Å². The molecule has 5 nitrogen and oxygen atoms in total. The van der Waals surface area contributed by atoms with Crippen molar-refractivity contribution in [1.82, 2.24) is 15.0 Å². The number of likely N-dealkylation sites (N-methyl/N-ethyl adjacent to an activating group) is 1. The molecule has 0 aliphatic heterocycles. The highest BCUT2D eigenvalue weighted by molar-refractivity contribution is 7.19. The van der Waals surface area contributed by atoms with Crippen molar-refractivity contribution >= 4 is 16.3 Å². The van der Waals surface area contributed by atoms with E-state index in [2.05, 4.69) is 15.0 Å². The van der Waals surface area contributed by atoms with Gasteiger partial charge in [-0.3, -0.25) is 0 Å². The average molecular weight is 252 g/mol. The first-order chi connectivity index (χ1) is 8.06. The van der Waals surface area contributed by atoms with Gasteiger partial charge in [-0.05, 0) is 32.6 Å². The zero-order chi connectivity index (χ0) is 12.4. The van der Waals surface area contributed by atoms with E-state index in [9.17, 15) is 0 Å². The predicted octanol–water partition coefficient (Wildman–Crippen LogP) is 1.79. The normalized spacial score (nSPS) is 11.3. The molecule has 0 spiro atoms. The van der Waals surface area contributed by atoms with E-state index < -0.39 is 0 Å². The molecule has 0 amide bonds. The molecule has 0 saturated carbocycles. The molecule has 0 atom stereocenters. The summed E-state index contributed by atoms with van der Waals surface area (Å²) in [4.78, 5) is 7.43. The fourth-order valence-corrected chi connectivity index (χ4v) is 2.35. The summed E-state index contributed by atoms with van der Waals surface area (Å²) < 4.78 is 5.25. The van der Waals surface area contributed by atoms with Gasteiger partial charge in [0.15, 0.2) is 5.82 Å².